The number of carbonyl (C=O) groups excluding carboxylic acids is 2. The van der Waals surface area contributed by atoms with Crippen molar-refractivity contribution in [1.29, 1.82) is 0 Å². The van der Waals surface area contributed by atoms with Gasteiger partial charge in [0, 0.05) is 5.39 Å². The van der Waals surface area contributed by atoms with E-state index in [0.29, 0.717) is 16.3 Å². The molecule has 1 aromatic heterocycles. The number of carboxylic acids is 1. The fourth-order valence-corrected chi connectivity index (χ4v) is 4.09. The van der Waals surface area contributed by atoms with Crippen LogP contribution in [0.1, 0.15) is 49.8 Å². The number of carboxylic acid groups (broad SMARTS) is 1. The van der Waals surface area contributed by atoms with E-state index in [1.54, 1.807) is 45.0 Å². The number of hydrogen-bond acceptors (Lipinski definition) is 9. The number of phenols is 1. The molecule has 166 valence electrons. The van der Waals surface area contributed by atoms with Crippen molar-refractivity contribution in [2.75, 3.05) is 13.2 Å². The van der Waals surface area contributed by atoms with Crippen molar-refractivity contribution in [3.8, 4) is 5.75 Å². The van der Waals surface area contributed by atoms with Gasteiger partial charge in [-0.1, -0.05) is 24.3 Å². The number of rotatable bonds is 7. The maximum atomic E-state index is 12.5. The topological polar surface area (TPSA) is 135 Å². The summed E-state index contributed by atoms with van der Waals surface area (Å²) in [5, 5.41) is 29.2. The van der Waals surface area contributed by atoms with Crippen LogP contribution in [-0.2, 0) is 9.47 Å². The predicted molar refractivity (Wildman–Crippen MR) is 118 cm³/mol. The lowest BCUT2D eigenvalue weighted by atomic mass is 10.0. The Morgan fingerprint density at radius 2 is 1.69 bits per heavy atom. The summed E-state index contributed by atoms with van der Waals surface area (Å²) in [6.07, 6.45) is 0. The van der Waals surface area contributed by atoms with Crippen LogP contribution in [-0.4, -0.2) is 41.3 Å². The van der Waals surface area contributed by atoms with Crippen LogP contribution in [0.4, 0.5) is 10.7 Å². The van der Waals surface area contributed by atoms with Gasteiger partial charge in [-0.2, -0.15) is 0 Å². The number of thiophene rings is 1. The molecule has 0 atom stereocenters. The second-order valence-electron chi connectivity index (χ2n) is 6.52. The SMILES string of the molecule is CCOC(=O)c1sc(N=Nc2c(O)c(C(=O)O)cc3ccccc23)c(C(=O)OCC)c1C. The van der Waals surface area contributed by atoms with Gasteiger partial charge in [0.05, 0.1) is 13.2 Å². The van der Waals surface area contributed by atoms with E-state index < -0.39 is 23.7 Å². The van der Waals surface area contributed by atoms with Gasteiger partial charge in [0.1, 0.15) is 21.7 Å². The van der Waals surface area contributed by atoms with Gasteiger partial charge in [0.25, 0.3) is 0 Å². The largest absolute Gasteiger partial charge is 0.505 e. The number of ether oxygens (including phenoxy) is 2. The third kappa shape index (κ3) is 4.30. The van der Waals surface area contributed by atoms with E-state index in [1.165, 1.54) is 6.07 Å². The molecule has 0 fully saturated rings. The van der Waals surface area contributed by atoms with E-state index in [4.69, 9.17) is 9.47 Å². The van der Waals surface area contributed by atoms with Crippen molar-refractivity contribution in [3.05, 3.63) is 51.9 Å². The number of fused-ring (bicyclic) bond motifs is 1. The minimum atomic E-state index is -1.33. The van der Waals surface area contributed by atoms with E-state index in [-0.39, 0.29) is 39.9 Å². The highest BCUT2D eigenvalue weighted by Gasteiger charge is 2.27. The van der Waals surface area contributed by atoms with Gasteiger partial charge in [0.2, 0.25) is 0 Å². The molecule has 0 saturated heterocycles. The summed E-state index contributed by atoms with van der Waals surface area (Å²) in [4.78, 5) is 36.5. The number of carbonyl (C=O) groups is 3. The predicted octanol–water partition coefficient (Wildman–Crippen LogP) is 5.38. The lowest BCUT2D eigenvalue weighted by molar-refractivity contribution is 0.0526. The molecule has 32 heavy (non-hydrogen) atoms. The molecule has 2 aromatic carbocycles. The zero-order valence-corrected chi connectivity index (χ0v) is 18.4. The van der Waals surface area contributed by atoms with Crippen molar-refractivity contribution in [2.45, 2.75) is 20.8 Å². The van der Waals surface area contributed by atoms with Gasteiger partial charge in [0.15, 0.2) is 10.8 Å². The first-order valence-corrected chi connectivity index (χ1v) is 10.5. The Kier molecular flexibility index (Phi) is 6.84. The standard InChI is InChI=1S/C22H20N2O7S/c1-4-30-21(28)15-11(3)18(22(29)31-5-2)32-19(15)24-23-16-13-9-7-6-8-12(13)10-14(17(16)25)20(26)27/h6-10,25H,4-5H2,1-3H3,(H,26,27). The van der Waals surface area contributed by atoms with Crippen LogP contribution in [0.5, 0.6) is 5.75 Å². The monoisotopic (exact) mass is 456 g/mol. The summed E-state index contributed by atoms with van der Waals surface area (Å²) in [7, 11) is 0. The smallest absolute Gasteiger partial charge is 0.348 e. The summed E-state index contributed by atoms with van der Waals surface area (Å²) in [5.41, 5.74) is -0.00654. The van der Waals surface area contributed by atoms with E-state index in [9.17, 15) is 24.6 Å². The second-order valence-corrected chi connectivity index (χ2v) is 7.52. The molecule has 0 amide bonds. The molecule has 0 unspecified atom stereocenters. The van der Waals surface area contributed by atoms with E-state index in [1.807, 2.05) is 0 Å². The number of aromatic hydroxyl groups is 1. The number of azo groups is 1. The molecular weight excluding hydrogens is 436 g/mol. The van der Waals surface area contributed by atoms with Gasteiger partial charge < -0.3 is 19.7 Å². The lowest BCUT2D eigenvalue weighted by Crippen LogP contribution is -2.08. The lowest BCUT2D eigenvalue weighted by Gasteiger charge is -2.07. The van der Waals surface area contributed by atoms with Gasteiger partial charge in [-0.15, -0.1) is 21.6 Å². The minimum Gasteiger partial charge on any atom is -0.505 e. The van der Waals surface area contributed by atoms with Gasteiger partial charge in [-0.05, 0) is 37.8 Å². The average Bonchev–Trinajstić information content (AvgIpc) is 3.09. The molecule has 2 N–H and O–H groups in total. The van der Waals surface area contributed by atoms with Crippen LogP contribution in [0.25, 0.3) is 10.8 Å². The number of aromatic carboxylic acids is 1. The van der Waals surface area contributed by atoms with Crippen LogP contribution in [0.3, 0.4) is 0 Å². The molecule has 0 aliphatic rings. The van der Waals surface area contributed by atoms with Crippen molar-refractivity contribution < 1.29 is 34.1 Å². The first kappa shape index (κ1) is 22.9. The Bertz CT molecular complexity index is 1250. The highest BCUT2D eigenvalue weighted by atomic mass is 32.1. The van der Waals surface area contributed by atoms with Gasteiger partial charge in [-0.3, -0.25) is 0 Å². The van der Waals surface area contributed by atoms with Crippen LogP contribution >= 0.6 is 11.3 Å². The fourth-order valence-electron chi connectivity index (χ4n) is 3.08. The molecule has 0 aliphatic carbocycles. The maximum Gasteiger partial charge on any atom is 0.348 e. The van der Waals surface area contributed by atoms with Crippen LogP contribution in [0.2, 0.25) is 0 Å². The zero-order valence-electron chi connectivity index (χ0n) is 17.5. The average molecular weight is 456 g/mol. The number of hydrogen-bond donors (Lipinski definition) is 2. The van der Waals surface area contributed by atoms with Crippen LogP contribution in [0.15, 0.2) is 40.6 Å². The summed E-state index contributed by atoms with van der Waals surface area (Å²) in [5.74, 6) is -3.17. The number of esters is 2. The van der Waals surface area contributed by atoms with E-state index >= 15 is 0 Å². The van der Waals surface area contributed by atoms with Gasteiger partial charge in [-0.25, -0.2) is 14.4 Å². The molecular formula is C22H20N2O7S. The van der Waals surface area contributed by atoms with Crippen molar-refractivity contribution in [2.24, 2.45) is 10.2 Å². The van der Waals surface area contributed by atoms with Crippen molar-refractivity contribution >= 4 is 50.7 Å². The summed E-state index contributed by atoms with van der Waals surface area (Å²) < 4.78 is 10.1. The summed E-state index contributed by atoms with van der Waals surface area (Å²) in [6, 6.07) is 8.10. The van der Waals surface area contributed by atoms with Crippen molar-refractivity contribution in [1.82, 2.24) is 0 Å². The van der Waals surface area contributed by atoms with Crippen LogP contribution < -0.4 is 0 Å². The molecule has 10 heteroatoms. The van der Waals surface area contributed by atoms with E-state index in [0.717, 1.165) is 11.3 Å². The molecule has 3 rings (SSSR count). The third-order valence-electron chi connectivity index (χ3n) is 4.53. The molecule has 0 aliphatic heterocycles. The fraction of sp³-hybridized carbons (Fsp3) is 0.227. The molecule has 0 radical (unpaired) electrons. The van der Waals surface area contributed by atoms with Gasteiger partial charge >= 0.3 is 17.9 Å². The molecule has 1 heterocycles. The van der Waals surface area contributed by atoms with Crippen LogP contribution in [0, 0.1) is 6.92 Å². The highest BCUT2D eigenvalue weighted by molar-refractivity contribution is 7.18. The summed E-state index contributed by atoms with van der Waals surface area (Å²) in [6.45, 7) is 5.16. The molecule has 0 bridgehead atoms. The molecule has 9 nitrogen and oxygen atoms in total. The maximum absolute atomic E-state index is 12.5. The summed E-state index contributed by atoms with van der Waals surface area (Å²) >= 11 is 0.896. The zero-order chi connectivity index (χ0) is 23.4. The Morgan fingerprint density at radius 1 is 1.03 bits per heavy atom. The second kappa shape index (κ2) is 9.56. The Labute approximate surface area is 186 Å². The number of benzene rings is 2. The first-order valence-electron chi connectivity index (χ1n) is 9.67. The normalized spacial score (nSPS) is 11.1. The quantitative estimate of drug-likeness (QED) is 0.360. The Balaban J connectivity index is 2.19. The minimum absolute atomic E-state index is 0.0573. The highest BCUT2D eigenvalue weighted by Crippen LogP contribution is 2.42. The van der Waals surface area contributed by atoms with Crippen molar-refractivity contribution in [3.63, 3.8) is 0 Å². The molecule has 0 saturated carbocycles. The molecule has 3 aromatic rings. The first-order chi connectivity index (χ1) is 15.3. The van der Waals surface area contributed by atoms with E-state index in [2.05, 4.69) is 10.2 Å². The Hall–Kier alpha value is -3.79. The Morgan fingerprint density at radius 3 is 2.34 bits per heavy atom. The number of nitrogens with zero attached hydrogens (tertiary/aromatic N) is 2. The molecule has 0 spiro atoms. The third-order valence-corrected chi connectivity index (χ3v) is 5.69.